The summed E-state index contributed by atoms with van der Waals surface area (Å²) in [5.74, 6) is 1.07. The van der Waals surface area contributed by atoms with Gasteiger partial charge in [0, 0.05) is 38.6 Å². The Bertz CT molecular complexity index is 800. The Morgan fingerprint density at radius 3 is 2.96 bits per heavy atom. The fraction of sp³-hybridized carbons (Fsp3) is 0.600. The molecular formula is C20H26N4O2. The maximum Gasteiger partial charge on any atom is 0.224 e. The first kappa shape index (κ1) is 16.3. The molecule has 138 valence electrons. The fourth-order valence-electron chi connectivity index (χ4n) is 4.55. The minimum absolute atomic E-state index is 0.246. The third-order valence-electron chi connectivity index (χ3n) is 6.17. The quantitative estimate of drug-likeness (QED) is 0.839. The maximum atomic E-state index is 12.8. The van der Waals surface area contributed by atoms with Crippen LogP contribution in [0.15, 0.2) is 30.6 Å². The number of hydrogen-bond acceptors (Lipinski definition) is 4. The lowest BCUT2D eigenvalue weighted by Crippen LogP contribution is -2.63. The molecule has 2 saturated heterocycles. The summed E-state index contributed by atoms with van der Waals surface area (Å²) < 4.78 is 7.94. The Balaban J connectivity index is 1.20. The average Bonchev–Trinajstić information content (AvgIpc) is 3.45. The second kappa shape index (κ2) is 6.67. The van der Waals surface area contributed by atoms with Crippen LogP contribution in [0, 0.1) is 5.92 Å². The molecule has 2 aliphatic heterocycles. The number of nitrogens with zero attached hydrogens (tertiary/aromatic N) is 4. The van der Waals surface area contributed by atoms with Gasteiger partial charge in [-0.25, -0.2) is 4.98 Å². The predicted octanol–water partition coefficient (Wildman–Crippen LogP) is 1.75. The standard InChI is InChI=1S/C20H26N4O2/c25-20(7-8-23-14-21-17-3-1-2-4-18(17)23)22-9-10-24-16(11-22)12-26-13-19(24)15-5-6-15/h1-4,14-16,19H,5-13H2/t16-,19-/m1/s1. The van der Waals surface area contributed by atoms with Crippen LogP contribution in [0.1, 0.15) is 19.3 Å². The van der Waals surface area contributed by atoms with Gasteiger partial charge in [0.15, 0.2) is 0 Å². The Labute approximate surface area is 153 Å². The van der Waals surface area contributed by atoms with Gasteiger partial charge in [-0.3, -0.25) is 9.69 Å². The molecular weight excluding hydrogens is 328 g/mol. The fourth-order valence-corrected chi connectivity index (χ4v) is 4.55. The number of rotatable bonds is 4. The second-order valence-electron chi connectivity index (χ2n) is 7.85. The van der Waals surface area contributed by atoms with Gasteiger partial charge >= 0.3 is 0 Å². The number of fused-ring (bicyclic) bond motifs is 2. The molecule has 26 heavy (non-hydrogen) atoms. The van der Waals surface area contributed by atoms with Crippen molar-refractivity contribution in [2.24, 2.45) is 5.92 Å². The number of imidazole rings is 1. The lowest BCUT2D eigenvalue weighted by Gasteiger charge is -2.48. The highest BCUT2D eigenvalue weighted by molar-refractivity contribution is 5.77. The van der Waals surface area contributed by atoms with Crippen LogP contribution in [-0.4, -0.2) is 70.2 Å². The van der Waals surface area contributed by atoms with Crippen molar-refractivity contribution in [1.29, 1.82) is 0 Å². The molecule has 0 radical (unpaired) electrons. The van der Waals surface area contributed by atoms with E-state index in [-0.39, 0.29) is 5.91 Å². The summed E-state index contributed by atoms with van der Waals surface area (Å²) in [5, 5.41) is 0. The van der Waals surface area contributed by atoms with Crippen LogP contribution in [0.25, 0.3) is 11.0 Å². The molecule has 1 amide bonds. The monoisotopic (exact) mass is 354 g/mol. The number of piperazine rings is 1. The molecule has 0 bridgehead atoms. The molecule has 3 heterocycles. The van der Waals surface area contributed by atoms with Crippen LogP contribution >= 0.6 is 0 Å². The summed E-state index contributed by atoms with van der Waals surface area (Å²) in [4.78, 5) is 21.8. The molecule has 3 fully saturated rings. The minimum Gasteiger partial charge on any atom is -0.378 e. The first-order valence-corrected chi connectivity index (χ1v) is 9.81. The lowest BCUT2D eigenvalue weighted by molar-refractivity contribution is -0.140. The minimum atomic E-state index is 0.246. The van der Waals surface area contributed by atoms with Gasteiger partial charge in [0.1, 0.15) is 0 Å². The Hall–Kier alpha value is -1.92. The molecule has 1 aromatic heterocycles. The van der Waals surface area contributed by atoms with Gasteiger partial charge in [-0.15, -0.1) is 0 Å². The van der Waals surface area contributed by atoms with Crippen LogP contribution < -0.4 is 0 Å². The van der Waals surface area contributed by atoms with Crippen molar-refractivity contribution < 1.29 is 9.53 Å². The molecule has 1 saturated carbocycles. The molecule has 2 aromatic rings. The summed E-state index contributed by atoms with van der Waals surface area (Å²) in [6, 6.07) is 9.03. The van der Waals surface area contributed by atoms with Gasteiger partial charge in [-0.05, 0) is 30.9 Å². The van der Waals surface area contributed by atoms with E-state index in [0.29, 0.717) is 25.0 Å². The number of hydrogen-bond donors (Lipinski definition) is 0. The summed E-state index contributed by atoms with van der Waals surface area (Å²) in [6.07, 6.45) is 5.06. The highest BCUT2D eigenvalue weighted by Gasteiger charge is 2.43. The Morgan fingerprint density at radius 2 is 2.08 bits per heavy atom. The van der Waals surface area contributed by atoms with E-state index in [1.54, 1.807) is 0 Å². The van der Waals surface area contributed by atoms with E-state index in [9.17, 15) is 4.79 Å². The second-order valence-corrected chi connectivity index (χ2v) is 7.85. The SMILES string of the molecule is O=C(CCn1cnc2ccccc21)N1CCN2[C@@H](COC[C@@H]2C2CC2)C1. The number of carbonyl (C=O) groups is 1. The molecule has 6 nitrogen and oxygen atoms in total. The molecule has 2 atom stereocenters. The average molecular weight is 354 g/mol. The molecule has 1 aliphatic carbocycles. The largest absolute Gasteiger partial charge is 0.378 e. The van der Waals surface area contributed by atoms with Crippen molar-refractivity contribution in [2.45, 2.75) is 37.9 Å². The number of morpholine rings is 1. The van der Waals surface area contributed by atoms with E-state index in [2.05, 4.69) is 20.5 Å². The highest BCUT2D eigenvalue weighted by Crippen LogP contribution is 2.38. The number of benzene rings is 1. The number of carbonyl (C=O) groups excluding carboxylic acids is 1. The third kappa shape index (κ3) is 3.01. The number of aryl methyl sites for hydroxylation is 1. The zero-order valence-corrected chi connectivity index (χ0v) is 15.1. The van der Waals surface area contributed by atoms with Crippen molar-refractivity contribution in [3.05, 3.63) is 30.6 Å². The normalized spacial score (nSPS) is 26.8. The van der Waals surface area contributed by atoms with Gasteiger partial charge in [0.25, 0.3) is 0 Å². The van der Waals surface area contributed by atoms with E-state index in [1.165, 1.54) is 12.8 Å². The van der Waals surface area contributed by atoms with Crippen LogP contribution in [0.2, 0.25) is 0 Å². The van der Waals surface area contributed by atoms with Crippen LogP contribution in [0.5, 0.6) is 0 Å². The maximum absolute atomic E-state index is 12.8. The Kier molecular flexibility index (Phi) is 4.17. The number of para-hydroxylation sites is 2. The predicted molar refractivity (Wildman–Crippen MR) is 98.8 cm³/mol. The molecule has 0 unspecified atom stereocenters. The summed E-state index contributed by atoms with van der Waals surface area (Å²) >= 11 is 0. The van der Waals surface area contributed by atoms with E-state index in [1.807, 2.05) is 29.4 Å². The van der Waals surface area contributed by atoms with Crippen molar-refractivity contribution in [2.75, 3.05) is 32.8 Å². The zero-order chi connectivity index (χ0) is 17.5. The van der Waals surface area contributed by atoms with Crippen LogP contribution in [0.3, 0.4) is 0 Å². The van der Waals surface area contributed by atoms with E-state index >= 15 is 0 Å². The van der Waals surface area contributed by atoms with Crippen molar-refractivity contribution in [1.82, 2.24) is 19.4 Å². The van der Waals surface area contributed by atoms with Crippen LogP contribution in [-0.2, 0) is 16.1 Å². The van der Waals surface area contributed by atoms with Crippen molar-refractivity contribution in [3.8, 4) is 0 Å². The molecule has 5 rings (SSSR count). The van der Waals surface area contributed by atoms with E-state index < -0.39 is 0 Å². The summed E-state index contributed by atoms with van der Waals surface area (Å²) in [5.41, 5.74) is 2.08. The number of ether oxygens (including phenoxy) is 1. The van der Waals surface area contributed by atoms with Gasteiger partial charge in [-0.1, -0.05) is 12.1 Å². The summed E-state index contributed by atoms with van der Waals surface area (Å²) in [6.45, 7) is 4.98. The van der Waals surface area contributed by atoms with E-state index in [0.717, 1.165) is 49.8 Å². The van der Waals surface area contributed by atoms with Crippen LogP contribution in [0.4, 0.5) is 0 Å². The van der Waals surface area contributed by atoms with Crippen molar-refractivity contribution in [3.63, 3.8) is 0 Å². The topological polar surface area (TPSA) is 50.6 Å². The third-order valence-corrected chi connectivity index (χ3v) is 6.17. The molecule has 1 aromatic carbocycles. The lowest BCUT2D eigenvalue weighted by atomic mass is 10.0. The van der Waals surface area contributed by atoms with Gasteiger partial charge in [0.05, 0.1) is 36.6 Å². The smallest absolute Gasteiger partial charge is 0.224 e. The van der Waals surface area contributed by atoms with Gasteiger partial charge in [0.2, 0.25) is 5.91 Å². The van der Waals surface area contributed by atoms with E-state index in [4.69, 9.17) is 4.74 Å². The summed E-state index contributed by atoms with van der Waals surface area (Å²) in [7, 11) is 0. The molecule has 0 spiro atoms. The van der Waals surface area contributed by atoms with Gasteiger partial charge in [-0.2, -0.15) is 0 Å². The number of amides is 1. The Morgan fingerprint density at radius 1 is 1.19 bits per heavy atom. The van der Waals surface area contributed by atoms with Crippen molar-refractivity contribution >= 4 is 16.9 Å². The zero-order valence-electron chi connectivity index (χ0n) is 15.1. The molecule has 0 N–H and O–H groups in total. The van der Waals surface area contributed by atoms with Gasteiger partial charge < -0.3 is 14.2 Å². The molecule has 3 aliphatic rings. The molecule has 6 heteroatoms. The first-order chi connectivity index (χ1) is 12.8. The highest BCUT2D eigenvalue weighted by atomic mass is 16.5. The number of aromatic nitrogens is 2. The first-order valence-electron chi connectivity index (χ1n) is 9.81.